The summed E-state index contributed by atoms with van der Waals surface area (Å²) in [6, 6.07) is 13.2. The Bertz CT molecular complexity index is 864. The summed E-state index contributed by atoms with van der Waals surface area (Å²) in [4.78, 5) is 20.7. The van der Waals surface area contributed by atoms with E-state index in [0.717, 1.165) is 27.2 Å². The lowest BCUT2D eigenvalue weighted by Gasteiger charge is -2.09. The minimum Gasteiger partial charge on any atom is -0.325 e. The quantitative estimate of drug-likeness (QED) is 0.566. The maximum atomic E-state index is 12.2. The second-order valence-corrected chi connectivity index (χ2v) is 6.32. The number of hydrogen-bond acceptors (Lipinski definition) is 4. The number of thioether (sulfide) groups is 1. The van der Waals surface area contributed by atoms with Crippen LogP contribution in [0.1, 0.15) is 5.56 Å². The number of para-hydroxylation sites is 1. The van der Waals surface area contributed by atoms with Crippen molar-refractivity contribution < 1.29 is 4.79 Å². The molecule has 0 radical (unpaired) electrons. The summed E-state index contributed by atoms with van der Waals surface area (Å²) in [5, 5.41) is 5.27. The van der Waals surface area contributed by atoms with E-state index in [2.05, 4.69) is 15.3 Å². The Hall–Kier alpha value is -2.11. The van der Waals surface area contributed by atoms with E-state index in [1.807, 2.05) is 43.3 Å². The number of benzene rings is 2. The SMILES string of the molecule is Cc1c(Cl)cccc1NC(=O)CSc1ncnc2ccccc12. The molecule has 0 bridgehead atoms. The topological polar surface area (TPSA) is 54.9 Å². The summed E-state index contributed by atoms with van der Waals surface area (Å²) in [5.74, 6) is 0.176. The van der Waals surface area contributed by atoms with Gasteiger partial charge in [0.1, 0.15) is 11.4 Å². The summed E-state index contributed by atoms with van der Waals surface area (Å²) in [5.41, 5.74) is 2.46. The van der Waals surface area contributed by atoms with E-state index in [-0.39, 0.29) is 11.7 Å². The van der Waals surface area contributed by atoms with Gasteiger partial charge in [0.25, 0.3) is 0 Å². The first-order valence-corrected chi connectivity index (χ1v) is 8.39. The van der Waals surface area contributed by atoms with Crippen molar-refractivity contribution >= 4 is 45.9 Å². The maximum absolute atomic E-state index is 12.2. The highest BCUT2D eigenvalue weighted by Crippen LogP contribution is 2.26. The van der Waals surface area contributed by atoms with Gasteiger partial charge in [-0.1, -0.05) is 47.6 Å². The maximum Gasteiger partial charge on any atom is 0.234 e. The van der Waals surface area contributed by atoms with Crippen molar-refractivity contribution in [3.05, 3.63) is 59.4 Å². The number of anilines is 1. The first kappa shape index (κ1) is 15.8. The molecular weight excluding hydrogens is 330 g/mol. The van der Waals surface area contributed by atoms with Crippen LogP contribution in [0.5, 0.6) is 0 Å². The second kappa shape index (κ2) is 6.98. The molecular formula is C17H14ClN3OS. The third-order valence-corrected chi connectivity index (χ3v) is 4.80. The van der Waals surface area contributed by atoms with Crippen LogP contribution in [0.2, 0.25) is 5.02 Å². The zero-order valence-electron chi connectivity index (χ0n) is 12.4. The molecule has 0 saturated heterocycles. The first-order valence-electron chi connectivity index (χ1n) is 7.02. The van der Waals surface area contributed by atoms with Gasteiger partial charge < -0.3 is 5.32 Å². The summed E-state index contributed by atoms with van der Waals surface area (Å²) in [6.45, 7) is 1.88. The Morgan fingerprint density at radius 3 is 2.87 bits per heavy atom. The average Bonchev–Trinajstić information content (AvgIpc) is 2.57. The fraction of sp³-hybridized carbons (Fsp3) is 0.118. The van der Waals surface area contributed by atoms with Crippen molar-refractivity contribution in [2.45, 2.75) is 11.9 Å². The zero-order valence-corrected chi connectivity index (χ0v) is 14.0. The van der Waals surface area contributed by atoms with Gasteiger partial charge in [-0.25, -0.2) is 9.97 Å². The number of nitrogens with zero attached hydrogens (tertiary/aromatic N) is 2. The highest BCUT2D eigenvalue weighted by atomic mass is 35.5. The molecule has 6 heteroatoms. The molecule has 0 spiro atoms. The number of amides is 1. The minimum absolute atomic E-state index is 0.0944. The lowest BCUT2D eigenvalue weighted by molar-refractivity contribution is -0.113. The van der Waals surface area contributed by atoms with Crippen LogP contribution in [0.3, 0.4) is 0 Å². The molecule has 4 nitrogen and oxygen atoms in total. The number of nitrogens with one attached hydrogen (secondary N) is 1. The number of carbonyl (C=O) groups is 1. The number of carbonyl (C=O) groups excluding carboxylic acids is 1. The number of rotatable bonds is 4. The number of aromatic nitrogens is 2. The molecule has 0 saturated carbocycles. The Morgan fingerprint density at radius 1 is 1.17 bits per heavy atom. The van der Waals surface area contributed by atoms with Crippen molar-refractivity contribution in [3.63, 3.8) is 0 Å². The largest absolute Gasteiger partial charge is 0.325 e. The van der Waals surface area contributed by atoms with Gasteiger partial charge in [0.05, 0.1) is 11.3 Å². The smallest absolute Gasteiger partial charge is 0.234 e. The van der Waals surface area contributed by atoms with E-state index in [9.17, 15) is 4.79 Å². The molecule has 116 valence electrons. The molecule has 2 aromatic carbocycles. The molecule has 0 aliphatic carbocycles. The molecule has 0 atom stereocenters. The number of fused-ring (bicyclic) bond motifs is 1. The predicted molar refractivity (Wildman–Crippen MR) is 95.1 cm³/mol. The summed E-state index contributed by atoms with van der Waals surface area (Å²) in [6.07, 6.45) is 1.52. The first-order chi connectivity index (χ1) is 11.1. The van der Waals surface area contributed by atoms with Crippen molar-refractivity contribution in [2.75, 3.05) is 11.1 Å². The van der Waals surface area contributed by atoms with E-state index < -0.39 is 0 Å². The van der Waals surface area contributed by atoms with Gasteiger partial charge in [0.2, 0.25) is 5.91 Å². The van der Waals surface area contributed by atoms with Gasteiger partial charge >= 0.3 is 0 Å². The van der Waals surface area contributed by atoms with Crippen LogP contribution < -0.4 is 5.32 Å². The molecule has 1 amide bonds. The van der Waals surface area contributed by atoms with Crippen LogP contribution in [0.4, 0.5) is 5.69 Å². The van der Waals surface area contributed by atoms with Gasteiger partial charge in [0, 0.05) is 16.1 Å². The number of hydrogen-bond donors (Lipinski definition) is 1. The van der Waals surface area contributed by atoms with Gasteiger partial charge in [-0.2, -0.15) is 0 Å². The molecule has 0 aliphatic rings. The van der Waals surface area contributed by atoms with E-state index in [0.29, 0.717) is 5.02 Å². The summed E-state index contributed by atoms with van der Waals surface area (Å²) < 4.78 is 0. The molecule has 0 unspecified atom stereocenters. The summed E-state index contributed by atoms with van der Waals surface area (Å²) >= 11 is 7.45. The lowest BCUT2D eigenvalue weighted by atomic mass is 10.2. The molecule has 3 rings (SSSR count). The van der Waals surface area contributed by atoms with Gasteiger partial charge in [-0.15, -0.1) is 0 Å². The Balaban J connectivity index is 1.70. The molecule has 0 fully saturated rings. The van der Waals surface area contributed by atoms with Crippen molar-refractivity contribution in [1.82, 2.24) is 9.97 Å². The van der Waals surface area contributed by atoms with Crippen molar-refractivity contribution in [1.29, 1.82) is 0 Å². The third-order valence-electron chi connectivity index (χ3n) is 3.39. The van der Waals surface area contributed by atoms with Gasteiger partial charge in [-0.3, -0.25) is 4.79 Å². The third kappa shape index (κ3) is 3.63. The highest BCUT2D eigenvalue weighted by Gasteiger charge is 2.10. The fourth-order valence-electron chi connectivity index (χ4n) is 2.16. The molecule has 3 aromatic rings. The molecule has 1 aromatic heterocycles. The zero-order chi connectivity index (χ0) is 16.2. The normalized spacial score (nSPS) is 10.7. The van der Waals surface area contributed by atoms with Crippen LogP contribution in [0.25, 0.3) is 10.9 Å². The lowest BCUT2D eigenvalue weighted by Crippen LogP contribution is -2.15. The predicted octanol–water partition coefficient (Wildman–Crippen LogP) is 4.32. The number of halogens is 1. The van der Waals surface area contributed by atoms with Crippen LogP contribution in [0.15, 0.2) is 53.8 Å². The summed E-state index contributed by atoms with van der Waals surface area (Å²) in [7, 11) is 0. The molecule has 23 heavy (non-hydrogen) atoms. The van der Waals surface area contributed by atoms with E-state index >= 15 is 0 Å². The Labute approximate surface area is 143 Å². The van der Waals surface area contributed by atoms with Crippen LogP contribution in [0, 0.1) is 6.92 Å². The van der Waals surface area contributed by atoms with Gasteiger partial charge in [0.15, 0.2) is 0 Å². The molecule has 1 N–H and O–H groups in total. The Morgan fingerprint density at radius 2 is 2.00 bits per heavy atom. The average molecular weight is 344 g/mol. The van der Waals surface area contributed by atoms with Gasteiger partial charge in [-0.05, 0) is 30.7 Å². The van der Waals surface area contributed by atoms with E-state index in [4.69, 9.17) is 11.6 Å². The molecule has 0 aliphatic heterocycles. The fourth-order valence-corrected chi connectivity index (χ4v) is 3.12. The van der Waals surface area contributed by atoms with Crippen molar-refractivity contribution in [3.8, 4) is 0 Å². The van der Waals surface area contributed by atoms with E-state index in [1.165, 1.54) is 18.1 Å². The minimum atomic E-state index is -0.0944. The van der Waals surface area contributed by atoms with E-state index in [1.54, 1.807) is 6.07 Å². The van der Waals surface area contributed by atoms with Crippen molar-refractivity contribution in [2.24, 2.45) is 0 Å². The van der Waals surface area contributed by atoms with Crippen LogP contribution in [-0.4, -0.2) is 21.6 Å². The molecule has 1 heterocycles. The Kier molecular flexibility index (Phi) is 4.79. The van der Waals surface area contributed by atoms with Crippen LogP contribution >= 0.6 is 23.4 Å². The standard InChI is InChI=1S/C17H14ClN3OS/c1-11-13(18)6-4-8-14(11)21-16(22)9-23-17-12-5-2-3-7-15(12)19-10-20-17/h2-8,10H,9H2,1H3,(H,21,22). The monoisotopic (exact) mass is 343 g/mol. The second-order valence-electron chi connectivity index (χ2n) is 4.95. The highest BCUT2D eigenvalue weighted by molar-refractivity contribution is 8.00. The van der Waals surface area contributed by atoms with Crippen LogP contribution in [-0.2, 0) is 4.79 Å².